The minimum atomic E-state index is -1.07. The fraction of sp³-hybridized carbons (Fsp3) is 0.297. The highest BCUT2D eigenvalue weighted by molar-refractivity contribution is 9.10. The van der Waals surface area contributed by atoms with Crippen molar-refractivity contribution in [2.24, 2.45) is 0 Å². The van der Waals surface area contributed by atoms with Crippen molar-refractivity contribution in [3.05, 3.63) is 155 Å². The molecule has 230 valence electrons. The average Bonchev–Trinajstić information content (AvgIpc) is 3.07. The van der Waals surface area contributed by atoms with Gasteiger partial charge in [-0.1, -0.05) is 125 Å². The smallest absolute Gasteiger partial charge is 0.116 e. The summed E-state index contributed by atoms with van der Waals surface area (Å²) in [5.41, 5.74) is 3.97. The fourth-order valence-corrected chi connectivity index (χ4v) is 5.61. The number of benzene rings is 4. The van der Waals surface area contributed by atoms with Gasteiger partial charge in [-0.05, 0) is 34.4 Å². The van der Waals surface area contributed by atoms with Gasteiger partial charge in [0, 0.05) is 4.47 Å². The molecule has 0 saturated heterocycles. The first-order valence-electron chi connectivity index (χ1n) is 14.9. The maximum Gasteiger partial charge on any atom is 0.116 e. The molecule has 6 atom stereocenters. The number of halogens is 1. The molecule has 44 heavy (non-hydrogen) atoms. The van der Waals surface area contributed by atoms with Gasteiger partial charge in [0.05, 0.1) is 33.0 Å². The maximum atomic E-state index is 12.0. The quantitative estimate of drug-likeness (QED) is 0.138. The lowest BCUT2D eigenvalue weighted by Gasteiger charge is -2.48. The minimum Gasteiger partial charge on any atom is -0.387 e. The molecule has 0 radical (unpaired) electrons. The van der Waals surface area contributed by atoms with Gasteiger partial charge in [-0.2, -0.15) is 0 Å². The standard InChI is InChI=1S/C37H39BrO6/c1-2-22-40-35-33(41-23-27-12-6-3-7-13-27)32(39)34(42-24-28-14-8-4-9-15-28)36(43-26-30-18-20-31(38)21-19-30)37(35)44-25-29-16-10-5-11-17-29/h2-21,32-37,39H,1,22-26H2/t32-,33-,34+,35+,36+,37-/m0/s1. The van der Waals surface area contributed by atoms with Crippen LogP contribution in [0, 0.1) is 0 Å². The van der Waals surface area contributed by atoms with Crippen molar-refractivity contribution < 1.29 is 28.8 Å². The first kappa shape index (κ1) is 32.3. The second-order valence-corrected chi connectivity index (χ2v) is 11.7. The van der Waals surface area contributed by atoms with Crippen molar-refractivity contribution in [2.75, 3.05) is 6.61 Å². The van der Waals surface area contributed by atoms with Crippen molar-refractivity contribution >= 4 is 15.9 Å². The van der Waals surface area contributed by atoms with Crippen LogP contribution in [0.1, 0.15) is 22.3 Å². The van der Waals surface area contributed by atoms with Crippen molar-refractivity contribution in [2.45, 2.75) is 63.1 Å². The third-order valence-corrected chi connectivity index (χ3v) is 8.12. The molecule has 6 nitrogen and oxygen atoms in total. The molecule has 1 N–H and O–H groups in total. The molecule has 1 fully saturated rings. The van der Waals surface area contributed by atoms with Gasteiger partial charge in [-0.25, -0.2) is 0 Å². The topological polar surface area (TPSA) is 66.4 Å². The SMILES string of the molecule is C=CCO[C@H]1[C@H](OCc2ccccc2)[C@H](OCc2ccc(Br)cc2)[C@H](OCc2ccccc2)[C@@H](O)[C@@H]1OCc1ccccc1. The van der Waals surface area contributed by atoms with Crippen LogP contribution in [-0.4, -0.2) is 48.3 Å². The average molecular weight is 660 g/mol. The van der Waals surface area contributed by atoms with Crippen LogP contribution >= 0.6 is 15.9 Å². The third kappa shape index (κ3) is 8.96. The number of aliphatic hydroxyl groups is 1. The van der Waals surface area contributed by atoms with E-state index in [1.807, 2.05) is 115 Å². The van der Waals surface area contributed by atoms with Crippen LogP contribution in [0.5, 0.6) is 0 Å². The van der Waals surface area contributed by atoms with Crippen LogP contribution in [0.2, 0.25) is 0 Å². The molecule has 0 spiro atoms. The zero-order valence-corrected chi connectivity index (χ0v) is 26.2. The highest BCUT2D eigenvalue weighted by atomic mass is 79.9. The summed E-state index contributed by atoms with van der Waals surface area (Å²) in [5, 5.41) is 12.0. The summed E-state index contributed by atoms with van der Waals surface area (Å²) in [6.45, 7) is 5.30. The van der Waals surface area contributed by atoms with Crippen molar-refractivity contribution in [1.82, 2.24) is 0 Å². The van der Waals surface area contributed by atoms with Gasteiger partial charge in [0.2, 0.25) is 0 Å². The molecular formula is C37H39BrO6. The number of rotatable bonds is 15. The fourth-order valence-electron chi connectivity index (χ4n) is 5.34. The Labute approximate surface area is 268 Å². The van der Waals surface area contributed by atoms with Crippen LogP contribution in [0.4, 0.5) is 0 Å². The Balaban J connectivity index is 1.47. The Morgan fingerprint density at radius 1 is 0.500 bits per heavy atom. The van der Waals surface area contributed by atoms with E-state index in [4.69, 9.17) is 23.7 Å². The van der Waals surface area contributed by atoms with E-state index in [0.29, 0.717) is 13.2 Å². The second kappa shape index (κ2) is 16.8. The zero-order valence-electron chi connectivity index (χ0n) is 24.6. The number of ether oxygens (including phenoxy) is 5. The number of hydrogen-bond acceptors (Lipinski definition) is 6. The van der Waals surface area contributed by atoms with E-state index in [1.54, 1.807) is 6.08 Å². The molecule has 1 aliphatic rings. The van der Waals surface area contributed by atoms with Crippen LogP contribution in [0.3, 0.4) is 0 Å². The van der Waals surface area contributed by atoms with E-state index in [-0.39, 0.29) is 19.8 Å². The van der Waals surface area contributed by atoms with Gasteiger partial charge >= 0.3 is 0 Å². The molecule has 0 unspecified atom stereocenters. The molecule has 1 saturated carbocycles. The molecule has 0 bridgehead atoms. The predicted octanol–water partition coefficient (Wildman–Crippen LogP) is 7.04. The molecule has 0 amide bonds. The summed E-state index contributed by atoms with van der Waals surface area (Å²) >= 11 is 3.50. The number of hydrogen-bond donors (Lipinski definition) is 1. The summed E-state index contributed by atoms with van der Waals surface area (Å²) in [7, 11) is 0. The van der Waals surface area contributed by atoms with E-state index >= 15 is 0 Å². The van der Waals surface area contributed by atoms with Gasteiger partial charge in [0.25, 0.3) is 0 Å². The highest BCUT2D eigenvalue weighted by Gasteiger charge is 2.54. The summed E-state index contributed by atoms with van der Waals surface area (Å²) in [6.07, 6.45) is -2.88. The predicted molar refractivity (Wildman–Crippen MR) is 174 cm³/mol. The van der Waals surface area contributed by atoms with Gasteiger partial charge in [0.1, 0.15) is 36.6 Å². The third-order valence-electron chi connectivity index (χ3n) is 7.59. The first-order chi connectivity index (χ1) is 21.6. The number of aliphatic hydroxyl groups excluding tert-OH is 1. The van der Waals surface area contributed by atoms with Crippen LogP contribution in [-0.2, 0) is 50.1 Å². The molecular weight excluding hydrogens is 620 g/mol. The highest BCUT2D eigenvalue weighted by Crippen LogP contribution is 2.34. The van der Waals surface area contributed by atoms with Crippen molar-refractivity contribution in [3.63, 3.8) is 0 Å². The molecule has 0 heterocycles. The molecule has 0 aromatic heterocycles. The Bertz CT molecular complexity index is 1390. The molecule has 4 aromatic rings. The summed E-state index contributed by atoms with van der Waals surface area (Å²) in [5.74, 6) is 0. The lowest BCUT2D eigenvalue weighted by atomic mass is 9.83. The molecule has 1 aliphatic carbocycles. The first-order valence-corrected chi connectivity index (χ1v) is 15.6. The van der Waals surface area contributed by atoms with E-state index in [2.05, 4.69) is 22.5 Å². The van der Waals surface area contributed by atoms with Gasteiger partial charge in [-0.15, -0.1) is 6.58 Å². The minimum absolute atomic E-state index is 0.253. The van der Waals surface area contributed by atoms with Crippen molar-refractivity contribution in [1.29, 1.82) is 0 Å². The van der Waals surface area contributed by atoms with E-state index in [1.165, 1.54) is 0 Å². The lowest BCUT2D eigenvalue weighted by molar-refractivity contribution is -0.279. The van der Waals surface area contributed by atoms with Crippen LogP contribution in [0.15, 0.2) is 132 Å². The second-order valence-electron chi connectivity index (χ2n) is 10.8. The lowest BCUT2D eigenvalue weighted by Crippen LogP contribution is -2.66. The molecule has 7 heteroatoms. The van der Waals surface area contributed by atoms with Gasteiger partial charge in [-0.3, -0.25) is 0 Å². The Morgan fingerprint density at radius 2 is 0.841 bits per heavy atom. The maximum absolute atomic E-state index is 12.0. The Kier molecular flexibility index (Phi) is 12.3. The van der Waals surface area contributed by atoms with Crippen LogP contribution in [0.25, 0.3) is 0 Å². The van der Waals surface area contributed by atoms with E-state index in [9.17, 15) is 5.11 Å². The molecule has 5 rings (SSSR count). The Morgan fingerprint density at radius 3 is 1.25 bits per heavy atom. The van der Waals surface area contributed by atoms with Crippen molar-refractivity contribution in [3.8, 4) is 0 Å². The monoisotopic (exact) mass is 658 g/mol. The largest absolute Gasteiger partial charge is 0.387 e. The van der Waals surface area contributed by atoms with E-state index < -0.39 is 36.6 Å². The summed E-state index contributed by atoms with van der Waals surface area (Å²) < 4.78 is 33.5. The summed E-state index contributed by atoms with van der Waals surface area (Å²) in [6, 6.07) is 37.7. The zero-order chi connectivity index (χ0) is 30.6. The normalized spacial score (nSPS) is 23.3. The Hall–Kier alpha value is -3.14. The molecule has 0 aliphatic heterocycles. The van der Waals surface area contributed by atoms with Gasteiger partial charge in [0.15, 0.2) is 0 Å². The summed E-state index contributed by atoms with van der Waals surface area (Å²) in [4.78, 5) is 0. The van der Waals surface area contributed by atoms with E-state index in [0.717, 1.165) is 26.7 Å². The van der Waals surface area contributed by atoms with Gasteiger partial charge < -0.3 is 28.8 Å². The van der Waals surface area contributed by atoms with Crippen LogP contribution < -0.4 is 0 Å². The molecule has 4 aromatic carbocycles.